The number of likely N-dealkylation sites (tertiary alicyclic amines) is 1. The second-order valence-electron chi connectivity index (χ2n) is 7.26. The number of hydrogen-bond donors (Lipinski definition) is 1. The Morgan fingerprint density at radius 1 is 1.24 bits per heavy atom. The summed E-state index contributed by atoms with van der Waals surface area (Å²) in [6.07, 6.45) is 5.15. The SMILES string of the molecule is CCCCCNC(=O)COC(=O)[C@@H]1CCCCN1C1=NS(=O)(=O)c2ccccc21. The molecule has 1 N–H and O–H groups in total. The van der Waals surface area contributed by atoms with Gasteiger partial charge in [0.05, 0.1) is 0 Å². The molecule has 0 saturated carbocycles. The van der Waals surface area contributed by atoms with Crippen molar-refractivity contribution in [3.8, 4) is 0 Å². The van der Waals surface area contributed by atoms with Gasteiger partial charge in [-0.3, -0.25) is 4.79 Å². The van der Waals surface area contributed by atoms with Crippen molar-refractivity contribution in [1.82, 2.24) is 10.2 Å². The first-order valence-corrected chi connectivity index (χ1v) is 11.5. The minimum absolute atomic E-state index is 0.152. The molecule has 2 aliphatic rings. The number of carbonyl (C=O) groups excluding carboxylic acids is 2. The molecule has 1 aromatic carbocycles. The van der Waals surface area contributed by atoms with E-state index in [0.29, 0.717) is 25.1 Å². The van der Waals surface area contributed by atoms with Gasteiger partial charge in [0.2, 0.25) is 0 Å². The Hall–Kier alpha value is -2.42. The van der Waals surface area contributed by atoms with E-state index in [-0.39, 0.29) is 23.2 Å². The van der Waals surface area contributed by atoms with E-state index in [4.69, 9.17) is 4.74 Å². The number of hydrogen-bond acceptors (Lipinski definition) is 6. The van der Waals surface area contributed by atoms with Gasteiger partial charge in [-0.15, -0.1) is 4.40 Å². The summed E-state index contributed by atoms with van der Waals surface area (Å²) >= 11 is 0. The van der Waals surface area contributed by atoms with Crippen LogP contribution in [0.4, 0.5) is 0 Å². The number of piperidine rings is 1. The van der Waals surface area contributed by atoms with Crippen LogP contribution in [0.15, 0.2) is 33.6 Å². The van der Waals surface area contributed by atoms with Crippen LogP contribution in [0.3, 0.4) is 0 Å². The molecule has 1 saturated heterocycles. The van der Waals surface area contributed by atoms with Crippen molar-refractivity contribution in [2.45, 2.75) is 56.4 Å². The van der Waals surface area contributed by atoms with Gasteiger partial charge in [-0.2, -0.15) is 8.42 Å². The number of nitrogens with zero attached hydrogens (tertiary/aromatic N) is 2. The lowest BCUT2D eigenvalue weighted by molar-refractivity contribution is -0.153. The van der Waals surface area contributed by atoms with E-state index < -0.39 is 22.0 Å². The predicted molar refractivity (Wildman–Crippen MR) is 108 cm³/mol. The van der Waals surface area contributed by atoms with Crippen molar-refractivity contribution >= 4 is 27.7 Å². The number of fused-ring (bicyclic) bond motifs is 1. The van der Waals surface area contributed by atoms with E-state index in [1.165, 1.54) is 6.07 Å². The average molecular weight is 422 g/mol. The zero-order chi connectivity index (χ0) is 20.9. The maximum atomic E-state index is 12.7. The first-order chi connectivity index (χ1) is 13.9. The van der Waals surface area contributed by atoms with Gasteiger partial charge < -0.3 is 15.0 Å². The first-order valence-electron chi connectivity index (χ1n) is 10.1. The molecule has 1 amide bonds. The number of ether oxygens (including phenoxy) is 1. The molecule has 9 heteroatoms. The minimum atomic E-state index is -3.76. The molecule has 158 valence electrons. The van der Waals surface area contributed by atoms with E-state index in [1.807, 2.05) is 0 Å². The molecule has 0 spiro atoms. The zero-order valence-electron chi connectivity index (χ0n) is 16.6. The van der Waals surface area contributed by atoms with Crippen LogP contribution in [0.25, 0.3) is 0 Å². The number of amides is 1. The van der Waals surface area contributed by atoms with Gasteiger partial charge in [0.25, 0.3) is 15.9 Å². The lowest BCUT2D eigenvalue weighted by Gasteiger charge is -2.35. The number of unbranched alkanes of at least 4 members (excludes halogenated alkanes) is 2. The largest absolute Gasteiger partial charge is 0.454 e. The van der Waals surface area contributed by atoms with Crippen molar-refractivity contribution in [3.05, 3.63) is 29.8 Å². The van der Waals surface area contributed by atoms with Crippen LogP contribution in [-0.2, 0) is 24.3 Å². The molecular formula is C20H27N3O5S. The third kappa shape index (κ3) is 4.95. The van der Waals surface area contributed by atoms with Crippen molar-refractivity contribution in [3.63, 3.8) is 0 Å². The monoisotopic (exact) mass is 421 g/mol. The zero-order valence-corrected chi connectivity index (χ0v) is 17.4. The minimum Gasteiger partial charge on any atom is -0.454 e. The highest BCUT2D eigenvalue weighted by molar-refractivity contribution is 7.90. The van der Waals surface area contributed by atoms with Crippen molar-refractivity contribution in [2.24, 2.45) is 4.40 Å². The Bertz CT molecular complexity index is 897. The van der Waals surface area contributed by atoms with Gasteiger partial charge in [-0.05, 0) is 37.8 Å². The van der Waals surface area contributed by atoms with Crippen molar-refractivity contribution in [1.29, 1.82) is 0 Å². The quantitative estimate of drug-likeness (QED) is 0.532. The number of sulfonamides is 1. The van der Waals surface area contributed by atoms with Crippen LogP contribution >= 0.6 is 0 Å². The lowest BCUT2D eigenvalue weighted by atomic mass is 10.0. The van der Waals surface area contributed by atoms with E-state index in [1.54, 1.807) is 23.1 Å². The molecule has 0 bridgehead atoms. The fourth-order valence-electron chi connectivity index (χ4n) is 3.61. The summed E-state index contributed by atoms with van der Waals surface area (Å²) < 4.78 is 33.9. The standard InChI is InChI=1S/C20H27N3O5S/c1-2-3-7-12-21-18(24)14-28-20(25)16-10-6-8-13-23(16)19-15-9-4-5-11-17(15)29(26,27)22-19/h4-5,9,11,16H,2-3,6-8,10,12-14H2,1H3,(H,21,24)/t16-/m0/s1. The van der Waals surface area contributed by atoms with Crippen molar-refractivity contribution in [2.75, 3.05) is 19.7 Å². The molecule has 29 heavy (non-hydrogen) atoms. The van der Waals surface area contributed by atoms with Gasteiger partial charge in [-0.1, -0.05) is 31.9 Å². The summed E-state index contributed by atoms with van der Waals surface area (Å²) in [7, 11) is -3.76. The van der Waals surface area contributed by atoms with Crippen LogP contribution in [0, 0.1) is 0 Å². The van der Waals surface area contributed by atoms with Gasteiger partial charge in [-0.25, -0.2) is 4.79 Å². The van der Waals surface area contributed by atoms with Crippen LogP contribution in [-0.4, -0.2) is 56.8 Å². The summed E-state index contributed by atoms with van der Waals surface area (Å²) in [5.41, 5.74) is 0.501. The van der Waals surface area contributed by atoms with Gasteiger partial charge in [0.1, 0.15) is 10.9 Å². The molecule has 2 heterocycles. The summed E-state index contributed by atoms with van der Waals surface area (Å²) in [5.74, 6) is -0.577. The third-order valence-corrected chi connectivity index (χ3v) is 6.43. The number of benzene rings is 1. The summed E-state index contributed by atoms with van der Waals surface area (Å²) in [5, 5.41) is 2.73. The molecule has 3 rings (SSSR count). The molecule has 1 aromatic rings. The van der Waals surface area contributed by atoms with E-state index in [2.05, 4.69) is 16.6 Å². The van der Waals surface area contributed by atoms with Gasteiger partial charge >= 0.3 is 5.97 Å². The smallest absolute Gasteiger partial charge is 0.329 e. The van der Waals surface area contributed by atoms with Gasteiger partial charge in [0, 0.05) is 18.7 Å². The van der Waals surface area contributed by atoms with Crippen LogP contribution in [0.1, 0.15) is 51.0 Å². The van der Waals surface area contributed by atoms with Crippen LogP contribution in [0.5, 0.6) is 0 Å². The first kappa shape index (κ1) is 21.3. The molecule has 8 nitrogen and oxygen atoms in total. The van der Waals surface area contributed by atoms with E-state index in [9.17, 15) is 18.0 Å². The van der Waals surface area contributed by atoms with Crippen LogP contribution in [0.2, 0.25) is 0 Å². The maximum absolute atomic E-state index is 12.7. The molecule has 2 aliphatic heterocycles. The second kappa shape index (κ2) is 9.39. The fraction of sp³-hybridized carbons (Fsp3) is 0.550. The molecule has 0 aromatic heterocycles. The highest BCUT2D eigenvalue weighted by Gasteiger charge is 2.38. The Morgan fingerprint density at radius 3 is 2.83 bits per heavy atom. The van der Waals surface area contributed by atoms with Gasteiger partial charge in [0.15, 0.2) is 12.4 Å². The third-order valence-electron chi connectivity index (χ3n) is 5.11. The molecule has 0 aliphatic carbocycles. The summed E-state index contributed by atoms with van der Waals surface area (Å²) in [4.78, 5) is 26.4. The topological polar surface area (TPSA) is 105 Å². The lowest BCUT2D eigenvalue weighted by Crippen LogP contribution is -2.49. The average Bonchev–Trinajstić information content (AvgIpc) is 3.00. The molecule has 1 atom stereocenters. The summed E-state index contributed by atoms with van der Waals surface area (Å²) in [6, 6.07) is 5.95. The Morgan fingerprint density at radius 2 is 2.03 bits per heavy atom. The van der Waals surface area contributed by atoms with E-state index in [0.717, 1.165) is 32.1 Å². The number of esters is 1. The highest BCUT2D eigenvalue weighted by Crippen LogP contribution is 2.30. The molecular weight excluding hydrogens is 394 g/mol. The highest BCUT2D eigenvalue weighted by atomic mass is 32.2. The van der Waals surface area contributed by atoms with Crippen LogP contribution < -0.4 is 5.32 Å². The Labute approximate surface area is 171 Å². The molecule has 0 unspecified atom stereocenters. The fourth-order valence-corrected chi connectivity index (χ4v) is 4.83. The number of amidine groups is 1. The Balaban J connectivity index is 1.66. The summed E-state index contributed by atoms with van der Waals surface area (Å²) in [6.45, 7) is 2.81. The Kier molecular flexibility index (Phi) is 6.89. The molecule has 1 fully saturated rings. The van der Waals surface area contributed by atoms with Crippen molar-refractivity contribution < 1.29 is 22.7 Å². The van der Waals surface area contributed by atoms with E-state index >= 15 is 0 Å². The maximum Gasteiger partial charge on any atom is 0.329 e. The predicted octanol–water partition coefficient (Wildman–Crippen LogP) is 1.84. The number of carbonyl (C=O) groups is 2. The number of rotatable bonds is 7. The second-order valence-corrected chi connectivity index (χ2v) is 8.83. The number of nitrogens with one attached hydrogen (secondary N) is 1. The molecule has 0 radical (unpaired) electrons. The normalized spacial score (nSPS) is 20.0.